The maximum atomic E-state index is 12.2. The molecule has 1 aromatic carbocycles. The number of hydrogen-bond acceptors (Lipinski definition) is 4. The third kappa shape index (κ3) is 2.61. The number of nitrogen functional groups attached to an aromatic ring is 1. The number of sulfone groups is 1. The van der Waals surface area contributed by atoms with Crippen molar-refractivity contribution in [1.82, 2.24) is 0 Å². The van der Waals surface area contributed by atoms with Crippen LogP contribution in [0.3, 0.4) is 0 Å². The highest BCUT2D eigenvalue weighted by Gasteiger charge is 2.26. The maximum absolute atomic E-state index is 12.2. The lowest BCUT2D eigenvalue weighted by molar-refractivity contribution is 0.188. The van der Waals surface area contributed by atoms with Crippen LogP contribution in [0.4, 0.5) is 5.69 Å². The summed E-state index contributed by atoms with van der Waals surface area (Å²) in [6, 6.07) is 5.12. The first kappa shape index (κ1) is 12.4. The van der Waals surface area contributed by atoms with E-state index in [0.717, 1.165) is 12.0 Å². The zero-order valence-electron chi connectivity index (χ0n) is 9.85. The van der Waals surface area contributed by atoms with E-state index in [1.165, 1.54) is 0 Å². The van der Waals surface area contributed by atoms with Crippen molar-refractivity contribution in [2.45, 2.75) is 18.2 Å². The third-order valence-electron chi connectivity index (χ3n) is 3.10. The number of hydrogen-bond donors (Lipinski definition) is 1. The first-order valence-corrected chi connectivity index (χ1v) is 7.31. The van der Waals surface area contributed by atoms with Gasteiger partial charge in [0.2, 0.25) is 0 Å². The zero-order chi connectivity index (χ0) is 12.5. The van der Waals surface area contributed by atoms with Crippen molar-refractivity contribution in [3.05, 3.63) is 23.8 Å². The molecular weight excluding hydrogens is 238 g/mol. The van der Waals surface area contributed by atoms with Crippen LogP contribution in [0, 0.1) is 12.8 Å². The number of para-hydroxylation sites is 1. The summed E-state index contributed by atoms with van der Waals surface area (Å²) in [6.45, 7) is 3.00. The molecule has 1 aliphatic heterocycles. The van der Waals surface area contributed by atoms with E-state index in [9.17, 15) is 8.42 Å². The van der Waals surface area contributed by atoms with Crippen LogP contribution in [0.5, 0.6) is 0 Å². The van der Waals surface area contributed by atoms with Crippen molar-refractivity contribution in [3.8, 4) is 0 Å². The summed E-state index contributed by atoms with van der Waals surface area (Å²) in [4.78, 5) is 0.254. The molecule has 1 unspecified atom stereocenters. The molecule has 1 heterocycles. The first-order chi connectivity index (χ1) is 8.00. The molecule has 0 aromatic heterocycles. The Morgan fingerprint density at radius 2 is 2.24 bits per heavy atom. The van der Waals surface area contributed by atoms with Crippen LogP contribution in [0.15, 0.2) is 23.1 Å². The molecule has 1 fully saturated rings. The smallest absolute Gasteiger partial charge is 0.180 e. The molecule has 1 atom stereocenters. The van der Waals surface area contributed by atoms with Gasteiger partial charge in [0.25, 0.3) is 0 Å². The molecule has 4 nitrogen and oxygen atoms in total. The minimum absolute atomic E-state index is 0.0971. The minimum atomic E-state index is -3.30. The SMILES string of the molecule is Cc1cccc(S(=O)(=O)CC2CCOC2)c1N. The lowest BCUT2D eigenvalue weighted by Gasteiger charge is -2.12. The van der Waals surface area contributed by atoms with Crippen molar-refractivity contribution in [2.75, 3.05) is 24.7 Å². The van der Waals surface area contributed by atoms with E-state index in [1.54, 1.807) is 12.1 Å². The molecule has 0 bridgehead atoms. The number of rotatable bonds is 3. The fraction of sp³-hybridized carbons (Fsp3) is 0.500. The van der Waals surface area contributed by atoms with Crippen molar-refractivity contribution < 1.29 is 13.2 Å². The van der Waals surface area contributed by atoms with Crippen molar-refractivity contribution in [2.24, 2.45) is 5.92 Å². The van der Waals surface area contributed by atoms with Crippen LogP contribution in [0.2, 0.25) is 0 Å². The van der Waals surface area contributed by atoms with Gasteiger partial charge in [-0.15, -0.1) is 0 Å². The number of nitrogens with two attached hydrogens (primary N) is 1. The summed E-state index contributed by atoms with van der Waals surface area (Å²) in [6.07, 6.45) is 0.810. The Morgan fingerprint density at radius 3 is 2.88 bits per heavy atom. The van der Waals surface area contributed by atoms with Crippen molar-refractivity contribution >= 4 is 15.5 Å². The Kier molecular flexibility index (Phi) is 3.40. The molecule has 17 heavy (non-hydrogen) atoms. The topological polar surface area (TPSA) is 69.4 Å². The highest BCUT2D eigenvalue weighted by molar-refractivity contribution is 7.91. The number of aryl methyl sites for hydroxylation is 1. The summed E-state index contributed by atoms with van der Waals surface area (Å²) in [5, 5.41) is 0. The van der Waals surface area contributed by atoms with Crippen molar-refractivity contribution in [1.29, 1.82) is 0 Å². The van der Waals surface area contributed by atoms with E-state index < -0.39 is 9.84 Å². The molecule has 0 aliphatic carbocycles. The molecule has 0 saturated carbocycles. The predicted molar refractivity (Wildman–Crippen MR) is 66.6 cm³/mol. The average molecular weight is 255 g/mol. The third-order valence-corrected chi connectivity index (χ3v) is 5.03. The van der Waals surface area contributed by atoms with Gasteiger partial charge in [-0.3, -0.25) is 0 Å². The fourth-order valence-corrected chi connectivity index (χ4v) is 3.88. The van der Waals surface area contributed by atoms with Crippen LogP contribution in [-0.4, -0.2) is 27.4 Å². The van der Waals surface area contributed by atoms with Crippen LogP contribution in [0.1, 0.15) is 12.0 Å². The van der Waals surface area contributed by atoms with Gasteiger partial charge < -0.3 is 10.5 Å². The number of ether oxygens (including phenoxy) is 1. The van der Waals surface area contributed by atoms with Gasteiger partial charge in [0.1, 0.15) is 0 Å². The Bertz CT molecular complexity index is 504. The monoisotopic (exact) mass is 255 g/mol. The molecule has 1 aromatic rings. The molecule has 0 spiro atoms. The van der Waals surface area contributed by atoms with E-state index >= 15 is 0 Å². The van der Waals surface area contributed by atoms with Gasteiger partial charge in [0.15, 0.2) is 9.84 Å². The highest BCUT2D eigenvalue weighted by atomic mass is 32.2. The molecular formula is C12H17NO3S. The first-order valence-electron chi connectivity index (χ1n) is 5.66. The van der Waals surface area contributed by atoms with Gasteiger partial charge >= 0.3 is 0 Å². The summed E-state index contributed by atoms with van der Waals surface area (Å²) in [7, 11) is -3.30. The molecule has 1 aliphatic rings. The number of anilines is 1. The fourth-order valence-electron chi connectivity index (χ4n) is 2.04. The summed E-state index contributed by atoms with van der Waals surface area (Å²) in [5.74, 6) is 0.223. The van der Waals surface area contributed by atoms with Gasteiger partial charge in [-0.1, -0.05) is 12.1 Å². The zero-order valence-corrected chi connectivity index (χ0v) is 10.7. The minimum Gasteiger partial charge on any atom is -0.397 e. The van der Waals surface area contributed by atoms with Gasteiger partial charge in [0.05, 0.1) is 22.9 Å². The van der Waals surface area contributed by atoms with E-state index in [-0.39, 0.29) is 16.6 Å². The Labute approximate surface area is 102 Å². The highest BCUT2D eigenvalue weighted by Crippen LogP contribution is 2.26. The summed E-state index contributed by atoms with van der Waals surface area (Å²) < 4.78 is 29.6. The van der Waals surface area contributed by atoms with Gasteiger partial charge in [-0.05, 0) is 30.9 Å². The molecule has 2 rings (SSSR count). The van der Waals surface area contributed by atoms with Gasteiger partial charge in [-0.2, -0.15) is 0 Å². The quantitative estimate of drug-likeness (QED) is 0.829. The van der Waals surface area contributed by atoms with E-state index in [1.807, 2.05) is 13.0 Å². The van der Waals surface area contributed by atoms with Crippen LogP contribution < -0.4 is 5.73 Å². The van der Waals surface area contributed by atoms with E-state index in [0.29, 0.717) is 18.9 Å². The Morgan fingerprint density at radius 1 is 1.47 bits per heavy atom. The molecule has 1 saturated heterocycles. The molecule has 0 amide bonds. The summed E-state index contributed by atoms with van der Waals surface area (Å²) >= 11 is 0. The molecule has 2 N–H and O–H groups in total. The van der Waals surface area contributed by atoms with E-state index in [2.05, 4.69) is 0 Å². The van der Waals surface area contributed by atoms with Gasteiger partial charge in [-0.25, -0.2) is 8.42 Å². The van der Waals surface area contributed by atoms with Crippen LogP contribution >= 0.6 is 0 Å². The largest absolute Gasteiger partial charge is 0.397 e. The standard InChI is InChI=1S/C12H17NO3S/c1-9-3-2-4-11(12(9)13)17(14,15)8-10-5-6-16-7-10/h2-4,10H,5-8,13H2,1H3. The number of benzene rings is 1. The maximum Gasteiger partial charge on any atom is 0.180 e. The van der Waals surface area contributed by atoms with Gasteiger partial charge in [0, 0.05) is 6.61 Å². The molecule has 5 heteroatoms. The molecule has 0 radical (unpaired) electrons. The lowest BCUT2D eigenvalue weighted by atomic mass is 10.2. The van der Waals surface area contributed by atoms with Crippen LogP contribution in [-0.2, 0) is 14.6 Å². The Balaban J connectivity index is 2.28. The van der Waals surface area contributed by atoms with Crippen LogP contribution in [0.25, 0.3) is 0 Å². The lowest BCUT2D eigenvalue weighted by Crippen LogP contribution is -2.18. The molecule has 94 valence electrons. The second-order valence-corrected chi connectivity index (χ2v) is 6.50. The van der Waals surface area contributed by atoms with E-state index in [4.69, 9.17) is 10.5 Å². The predicted octanol–water partition coefficient (Wildman–Crippen LogP) is 1.39. The normalized spacial score (nSPS) is 20.6. The average Bonchev–Trinajstić information content (AvgIpc) is 2.73. The second-order valence-electron chi connectivity index (χ2n) is 4.50. The Hall–Kier alpha value is -1.07. The summed E-state index contributed by atoms with van der Waals surface area (Å²) in [5.41, 5.74) is 7.00. The second kappa shape index (κ2) is 4.66. The van der Waals surface area contributed by atoms with Crippen molar-refractivity contribution in [3.63, 3.8) is 0 Å².